The number of carbonyl (C=O) groups is 2. The number of fused-ring (bicyclic) bond motifs is 1. The Morgan fingerprint density at radius 2 is 1.65 bits per heavy atom. The van der Waals surface area contributed by atoms with Gasteiger partial charge in [0.15, 0.2) is 0 Å². The van der Waals surface area contributed by atoms with Crippen molar-refractivity contribution in [2.24, 2.45) is 0 Å². The first-order valence-corrected chi connectivity index (χ1v) is 12.6. The average molecular weight is 482 g/mol. The van der Waals surface area contributed by atoms with Gasteiger partial charge in [0.2, 0.25) is 10.0 Å². The molecule has 4 rings (SSSR count). The molecular formula is C25H27N3O5S. The Morgan fingerprint density at radius 1 is 0.971 bits per heavy atom. The molecule has 3 N–H and O–H groups in total. The lowest BCUT2D eigenvalue weighted by Gasteiger charge is -2.31. The monoisotopic (exact) mass is 481 g/mol. The minimum Gasteiger partial charge on any atom is -0.480 e. The van der Waals surface area contributed by atoms with Crippen LogP contribution in [-0.4, -0.2) is 56.0 Å². The number of carboxylic acids is 1. The van der Waals surface area contributed by atoms with Gasteiger partial charge in [-0.05, 0) is 43.5 Å². The molecule has 0 unspecified atom stereocenters. The molecule has 0 spiro atoms. The zero-order chi connectivity index (χ0) is 24.3. The number of amides is 1. The summed E-state index contributed by atoms with van der Waals surface area (Å²) in [6, 6.07) is 17.2. The lowest BCUT2D eigenvalue weighted by Crippen LogP contribution is -2.45. The van der Waals surface area contributed by atoms with Crippen LogP contribution in [0, 0.1) is 6.92 Å². The molecule has 3 aromatic carbocycles. The third-order valence-corrected chi connectivity index (χ3v) is 7.66. The van der Waals surface area contributed by atoms with Crippen LogP contribution in [0.1, 0.15) is 28.8 Å². The predicted molar refractivity (Wildman–Crippen MR) is 130 cm³/mol. The minimum absolute atomic E-state index is 0.0419. The third kappa shape index (κ3) is 5.27. The summed E-state index contributed by atoms with van der Waals surface area (Å²) in [5.41, 5.74) is 1.94. The maximum absolute atomic E-state index is 13.3. The van der Waals surface area contributed by atoms with Gasteiger partial charge in [-0.25, -0.2) is 13.1 Å². The van der Waals surface area contributed by atoms with E-state index < -0.39 is 16.0 Å². The number of hydrogen-bond donors (Lipinski definition) is 3. The Balaban J connectivity index is 1.56. The number of piperidine rings is 1. The van der Waals surface area contributed by atoms with Crippen molar-refractivity contribution in [3.8, 4) is 0 Å². The van der Waals surface area contributed by atoms with Crippen molar-refractivity contribution < 1.29 is 23.1 Å². The number of carbonyl (C=O) groups excluding carboxylic acids is 1. The van der Waals surface area contributed by atoms with Crippen LogP contribution in [0.15, 0.2) is 65.6 Å². The maximum atomic E-state index is 13.3. The van der Waals surface area contributed by atoms with E-state index in [4.69, 9.17) is 5.11 Å². The number of aryl methyl sites for hydroxylation is 1. The molecule has 1 aliphatic heterocycles. The zero-order valence-corrected chi connectivity index (χ0v) is 19.6. The van der Waals surface area contributed by atoms with Crippen molar-refractivity contribution in [2.45, 2.75) is 30.7 Å². The molecule has 3 aromatic rings. The van der Waals surface area contributed by atoms with Crippen LogP contribution in [0.5, 0.6) is 0 Å². The SMILES string of the molecule is Cc1ccccc1C(=O)Nc1cccc2c(S(=O)(=O)NC3CCN(CC(=O)O)CC3)cccc12. The van der Waals surface area contributed by atoms with Gasteiger partial charge in [0.05, 0.1) is 11.4 Å². The molecule has 1 aliphatic rings. The van der Waals surface area contributed by atoms with E-state index in [1.807, 2.05) is 19.1 Å². The van der Waals surface area contributed by atoms with E-state index >= 15 is 0 Å². The average Bonchev–Trinajstić information content (AvgIpc) is 2.80. The minimum atomic E-state index is -3.83. The topological polar surface area (TPSA) is 116 Å². The van der Waals surface area contributed by atoms with E-state index in [9.17, 15) is 18.0 Å². The van der Waals surface area contributed by atoms with Crippen molar-refractivity contribution in [2.75, 3.05) is 25.0 Å². The zero-order valence-electron chi connectivity index (χ0n) is 18.8. The van der Waals surface area contributed by atoms with Gasteiger partial charge in [-0.3, -0.25) is 14.5 Å². The molecule has 34 heavy (non-hydrogen) atoms. The predicted octanol–water partition coefficient (Wildman–Crippen LogP) is 3.23. The summed E-state index contributed by atoms with van der Waals surface area (Å²) in [5, 5.41) is 13.0. The van der Waals surface area contributed by atoms with E-state index in [2.05, 4.69) is 10.0 Å². The molecule has 0 aromatic heterocycles. The summed E-state index contributed by atoms with van der Waals surface area (Å²) in [4.78, 5) is 25.7. The van der Waals surface area contributed by atoms with Gasteiger partial charge in [-0.15, -0.1) is 0 Å². The lowest BCUT2D eigenvalue weighted by molar-refractivity contribution is -0.138. The van der Waals surface area contributed by atoms with Gasteiger partial charge in [0.1, 0.15) is 0 Å². The second-order valence-corrected chi connectivity index (χ2v) is 10.2. The van der Waals surface area contributed by atoms with Crippen LogP contribution in [0.4, 0.5) is 5.69 Å². The molecular weight excluding hydrogens is 454 g/mol. The molecule has 8 nitrogen and oxygen atoms in total. The fourth-order valence-corrected chi connectivity index (χ4v) is 5.85. The van der Waals surface area contributed by atoms with Crippen molar-refractivity contribution >= 4 is 38.4 Å². The molecule has 0 saturated carbocycles. The van der Waals surface area contributed by atoms with Gasteiger partial charge < -0.3 is 10.4 Å². The van der Waals surface area contributed by atoms with Gasteiger partial charge >= 0.3 is 5.97 Å². The highest BCUT2D eigenvalue weighted by atomic mass is 32.2. The second kappa shape index (κ2) is 9.92. The smallest absolute Gasteiger partial charge is 0.317 e. The molecule has 0 radical (unpaired) electrons. The van der Waals surface area contributed by atoms with Crippen molar-refractivity contribution in [1.29, 1.82) is 0 Å². The fraction of sp³-hybridized carbons (Fsp3) is 0.280. The van der Waals surface area contributed by atoms with Gasteiger partial charge in [-0.2, -0.15) is 0 Å². The summed E-state index contributed by atoms with van der Waals surface area (Å²) in [5.74, 6) is -1.15. The Bertz CT molecular complexity index is 1330. The second-order valence-electron chi connectivity index (χ2n) is 8.49. The maximum Gasteiger partial charge on any atom is 0.317 e. The van der Waals surface area contributed by atoms with Gasteiger partial charge in [0.25, 0.3) is 5.91 Å². The van der Waals surface area contributed by atoms with Crippen LogP contribution in [-0.2, 0) is 14.8 Å². The Hall–Kier alpha value is -3.27. The molecule has 178 valence electrons. The Labute approximate surface area is 198 Å². The van der Waals surface area contributed by atoms with Crippen molar-refractivity contribution in [1.82, 2.24) is 9.62 Å². The first-order valence-electron chi connectivity index (χ1n) is 11.1. The van der Waals surface area contributed by atoms with Crippen LogP contribution >= 0.6 is 0 Å². The van der Waals surface area contributed by atoms with E-state index in [0.29, 0.717) is 48.0 Å². The summed E-state index contributed by atoms with van der Waals surface area (Å²) < 4.78 is 29.3. The molecule has 1 heterocycles. The van der Waals surface area contributed by atoms with E-state index in [0.717, 1.165) is 5.56 Å². The number of rotatable bonds is 7. The molecule has 0 bridgehead atoms. The molecule has 0 atom stereocenters. The standard InChI is InChI=1S/C25H27N3O5S/c1-17-6-2-3-7-19(17)25(31)26-22-10-4-9-21-20(22)8-5-11-23(21)34(32,33)27-18-12-14-28(15-13-18)16-24(29)30/h2-11,18,27H,12-16H2,1H3,(H,26,31)(H,29,30). The number of hydrogen-bond acceptors (Lipinski definition) is 5. The number of nitrogens with zero attached hydrogens (tertiary/aromatic N) is 1. The third-order valence-electron chi connectivity index (χ3n) is 6.08. The van der Waals surface area contributed by atoms with Gasteiger partial charge in [0, 0.05) is 41.2 Å². The highest BCUT2D eigenvalue weighted by Crippen LogP contribution is 2.30. The number of likely N-dealkylation sites (tertiary alicyclic amines) is 1. The van der Waals surface area contributed by atoms with Gasteiger partial charge in [-0.1, -0.05) is 42.5 Å². The lowest BCUT2D eigenvalue weighted by atomic mass is 10.1. The first kappa shape index (κ1) is 23.9. The summed E-state index contributed by atoms with van der Waals surface area (Å²) in [6.07, 6.45) is 1.07. The Morgan fingerprint density at radius 3 is 2.35 bits per heavy atom. The first-order chi connectivity index (χ1) is 16.2. The number of anilines is 1. The Kier molecular flexibility index (Phi) is 6.97. The van der Waals surface area contributed by atoms with E-state index in [1.165, 1.54) is 0 Å². The molecule has 1 fully saturated rings. The number of carboxylic acid groups (broad SMARTS) is 1. The molecule has 1 saturated heterocycles. The fourth-order valence-electron chi connectivity index (χ4n) is 4.32. The summed E-state index contributed by atoms with van der Waals surface area (Å²) >= 11 is 0. The normalized spacial score (nSPS) is 15.3. The molecule has 1 amide bonds. The van der Waals surface area contributed by atoms with Crippen LogP contribution < -0.4 is 10.0 Å². The van der Waals surface area contributed by atoms with Crippen molar-refractivity contribution in [3.63, 3.8) is 0 Å². The number of aliphatic carboxylic acids is 1. The van der Waals surface area contributed by atoms with Crippen LogP contribution in [0.2, 0.25) is 0 Å². The number of sulfonamides is 1. The highest BCUT2D eigenvalue weighted by Gasteiger charge is 2.26. The summed E-state index contributed by atoms with van der Waals surface area (Å²) in [6.45, 7) is 2.86. The van der Waals surface area contributed by atoms with E-state index in [-0.39, 0.29) is 23.4 Å². The van der Waals surface area contributed by atoms with Crippen LogP contribution in [0.3, 0.4) is 0 Å². The molecule has 0 aliphatic carbocycles. The highest BCUT2D eigenvalue weighted by molar-refractivity contribution is 7.89. The molecule has 9 heteroatoms. The summed E-state index contributed by atoms with van der Waals surface area (Å²) in [7, 11) is -3.83. The largest absolute Gasteiger partial charge is 0.480 e. The number of benzene rings is 3. The quantitative estimate of drug-likeness (QED) is 0.477. The van der Waals surface area contributed by atoms with Crippen molar-refractivity contribution in [3.05, 3.63) is 71.8 Å². The number of nitrogens with one attached hydrogen (secondary N) is 2. The van der Waals surface area contributed by atoms with Crippen LogP contribution in [0.25, 0.3) is 10.8 Å². The van der Waals surface area contributed by atoms with E-state index in [1.54, 1.807) is 53.4 Å².